The van der Waals surface area contributed by atoms with Gasteiger partial charge in [-0.3, -0.25) is 0 Å². The molecular formula is C10H13N3O. The van der Waals surface area contributed by atoms with Crippen molar-refractivity contribution in [3.8, 4) is 0 Å². The van der Waals surface area contributed by atoms with Gasteiger partial charge in [0.15, 0.2) is 0 Å². The van der Waals surface area contributed by atoms with Crippen LogP contribution in [0.4, 0.5) is 10.5 Å². The summed E-state index contributed by atoms with van der Waals surface area (Å²) in [6.45, 7) is 0.699. The Morgan fingerprint density at radius 1 is 1.36 bits per heavy atom. The number of carbonyl (C=O) groups excluding carboxylic acids is 1. The SMILES string of the molecule is Nc1ccccc1C1CCNC(=O)N1. The Kier molecular flexibility index (Phi) is 2.26. The first-order valence-corrected chi connectivity index (χ1v) is 4.66. The summed E-state index contributed by atoms with van der Waals surface area (Å²) in [6.07, 6.45) is 0.875. The molecule has 0 aromatic heterocycles. The number of nitrogens with one attached hydrogen (secondary N) is 2. The molecule has 0 radical (unpaired) electrons. The zero-order valence-corrected chi connectivity index (χ0v) is 7.79. The molecule has 1 aromatic carbocycles. The molecule has 4 nitrogen and oxygen atoms in total. The minimum atomic E-state index is -0.121. The zero-order chi connectivity index (χ0) is 9.97. The molecule has 4 N–H and O–H groups in total. The van der Waals surface area contributed by atoms with Crippen LogP contribution in [0.5, 0.6) is 0 Å². The van der Waals surface area contributed by atoms with Crippen molar-refractivity contribution in [3.63, 3.8) is 0 Å². The summed E-state index contributed by atoms with van der Waals surface area (Å²) in [7, 11) is 0. The maximum Gasteiger partial charge on any atom is 0.315 e. The molecule has 14 heavy (non-hydrogen) atoms. The molecule has 2 rings (SSSR count). The first-order chi connectivity index (χ1) is 6.77. The van der Waals surface area contributed by atoms with Crippen LogP contribution in [0.1, 0.15) is 18.0 Å². The lowest BCUT2D eigenvalue weighted by Crippen LogP contribution is -2.44. The molecule has 0 aliphatic carbocycles. The number of rotatable bonds is 1. The predicted octanol–water partition coefficient (Wildman–Crippen LogP) is 1.01. The summed E-state index contributed by atoms with van der Waals surface area (Å²) in [4.78, 5) is 11.1. The van der Waals surface area contributed by atoms with Gasteiger partial charge in [-0.15, -0.1) is 0 Å². The van der Waals surface area contributed by atoms with Crippen molar-refractivity contribution in [1.29, 1.82) is 0 Å². The van der Waals surface area contributed by atoms with Crippen LogP contribution in [-0.2, 0) is 0 Å². The van der Waals surface area contributed by atoms with E-state index in [-0.39, 0.29) is 12.1 Å². The lowest BCUT2D eigenvalue weighted by atomic mass is 10.0. The van der Waals surface area contributed by atoms with E-state index in [1.54, 1.807) is 0 Å². The molecule has 1 aliphatic heterocycles. The van der Waals surface area contributed by atoms with Gasteiger partial charge < -0.3 is 16.4 Å². The fraction of sp³-hybridized carbons (Fsp3) is 0.300. The molecule has 0 saturated carbocycles. The van der Waals surface area contributed by atoms with Gasteiger partial charge in [-0.05, 0) is 18.1 Å². The quantitative estimate of drug-likeness (QED) is 0.580. The van der Waals surface area contributed by atoms with Crippen LogP contribution in [0, 0.1) is 0 Å². The second-order valence-corrected chi connectivity index (χ2v) is 3.37. The van der Waals surface area contributed by atoms with Crippen LogP contribution in [0.15, 0.2) is 24.3 Å². The second-order valence-electron chi connectivity index (χ2n) is 3.37. The number of hydrogen-bond acceptors (Lipinski definition) is 2. The Morgan fingerprint density at radius 3 is 2.86 bits per heavy atom. The van der Waals surface area contributed by atoms with Crippen molar-refractivity contribution in [2.24, 2.45) is 0 Å². The number of para-hydroxylation sites is 1. The van der Waals surface area contributed by atoms with Gasteiger partial charge in [0, 0.05) is 12.2 Å². The Morgan fingerprint density at radius 2 is 2.14 bits per heavy atom. The third-order valence-corrected chi connectivity index (χ3v) is 2.40. The highest BCUT2D eigenvalue weighted by atomic mass is 16.2. The topological polar surface area (TPSA) is 67.1 Å². The van der Waals surface area contributed by atoms with Crippen LogP contribution in [0.25, 0.3) is 0 Å². The van der Waals surface area contributed by atoms with Crippen molar-refractivity contribution in [1.82, 2.24) is 10.6 Å². The van der Waals surface area contributed by atoms with Gasteiger partial charge in [0.1, 0.15) is 0 Å². The van der Waals surface area contributed by atoms with Gasteiger partial charge in [0.25, 0.3) is 0 Å². The largest absolute Gasteiger partial charge is 0.398 e. The average Bonchev–Trinajstić information content (AvgIpc) is 2.18. The molecule has 1 saturated heterocycles. The minimum absolute atomic E-state index is 0.0462. The van der Waals surface area contributed by atoms with Crippen LogP contribution in [0.2, 0.25) is 0 Å². The Balaban J connectivity index is 2.22. The van der Waals surface area contributed by atoms with Gasteiger partial charge in [0.05, 0.1) is 6.04 Å². The molecule has 0 spiro atoms. The van der Waals surface area contributed by atoms with Crippen LogP contribution < -0.4 is 16.4 Å². The van der Waals surface area contributed by atoms with E-state index in [9.17, 15) is 4.79 Å². The van der Waals surface area contributed by atoms with Crippen molar-refractivity contribution in [2.75, 3.05) is 12.3 Å². The predicted molar refractivity (Wildman–Crippen MR) is 54.7 cm³/mol. The minimum Gasteiger partial charge on any atom is -0.398 e. The van der Waals surface area contributed by atoms with E-state index in [0.717, 1.165) is 17.7 Å². The number of amides is 2. The van der Waals surface area contributed by atoms with Gasteiger partial charge >= 0.3 is 6.03 Å². The molecule has 1 heterocycles. The first kappa shape index (κ1) is 8.87. The number of nitrogen functional groups attached to an aromatic ring is 1. The molecule has 1 unspecified atom stereocenters. The Hall–Kier alpha value is -1.71. The fourth-order valence-corrected chi connectivity index (χ4v) is 1.67. The highest BCUT2D eigenvalue weighted by molar-refractivity contribution is 5.75. The number of hydrogen-bond donors (Lipinski definition) is 3. The van der Waals surface area contributed by atoms with Crippen molar-refractivity contribution in [2.45, 2.75) is 12.5 Å². The Labute approximate surface area is 82.5 Å². The smallest absolute Gasteiger partial charge is 0.315 e. The molecule has 1 aliphatic rings. The lowest BCUT2D eigenvalue weighted by Gasteiger charge is -2.25. The number of carbonyl (C=O) groups is 1. The molecule has 1 fully saturated rings. The van der Waals surface area contributed by atoms with Crippen LogP contribution in [0.3, 0.4) is 0 Å². The highest BCUT2D eigenvalue weighted by Crippen LogP contribution is 2.23. The van der Waals surface area contributed by atoms with E-state index < -0.39 is 0 Å². The van der Waals surface area contributed by atoms with E-state index in [1.165, 1.54) is 0 Å². The van der Waals surface area contributed by atoms with Gasteiger partial charge in [-0.25, -0.2) is 4.79 Å². The summed E-state index contributed by atoms with van der Waals surface area (Å²) in [5, 5.41) is 5.55. The van der Waals surface area contributed by atoms with E-state index in [4.69, 9.17) is 5.73 Å². The third-order valence-electron chi connectivity index (χ3n) is 2.40. The van der Waals surface area contributed by atoms with Crippen LogP contribution in [-0.4, -0.2) is 12.6 Å². The van der Waals surface area contributed by atoms with E-state index in [1.807, 2.05) is 24.3 Å². The molecule has 1 atom stereocenters. The van der Waals surface area contributed by atoms with Gasteiger partial charge in [0.2, 0.25) is 0 Å². The summed E-state index contributed by atoms with van der Waals surface area (Å²) in [6, 6.07) is 7.55. The van der Waals surface area contributed by atoms with Crippen molar-refractivity contribution < 1.29 is 4.79 Å². The maximum absolute atomic E-state index is 11.1. The summed E-state index contributed by atoms with van der Waals surface area (Å²) < 4.78 is 0. The molecule has 1 aromatic rings. The van der Waals surface area contributed by atoms with Crippen molar-refractivity contribution >= 4 is 11.7 Å². The van der Waals surface area contributed by atoms with Gasteiger partial charge in [-0.2, -0.15) is 0 Å². The number of urea groups is 1. The average molecular weight is 191 g/mol. The number of nitrogens with two attached hydrogens (primary N) is 1. The normalized spacial score (nSPS) is 21.1. The van der Waals surface area contributed by atoms with Gasteiger partial charge in [-0.1, -0.05) is 18.2 Å². The number of benzene rings is 1. The van der Waals surface area contributed by atoms with E-state index >= 15 is 0 Å². The maximum atomic E-state index is 11.1. The molecule has 74 valence electrons. The fourth-order valence-electron chi connectivity index (χ4n) is 1.67. The molecule has 4 heteroatoms. The summed E-state index contributed by atoms with van der Waals surface area (Å²) >= 11 is 0. The highest BCUT2D eigenvalue weighted by Gasteiger charge is 2.20. The second kappa shape index (κ2) is 3.57. The molecule has 2 amide bonds. The first-order valence-electron chi connectivity index (χ1n) is 4.66. The van der Waals surface area contributed by atoms with Crippen molar-refractivity contribution in [3.05, 3.63) is 29.8 Å². The third kappa shape index (κ3) is 1.64. The summed E-state index contributed by atoms with van der Waals surface area (Å²) in [5.41, 5.74) is 7.56. The zero-order valence-electron chi connectivity index (χ0n) is 7.79. The Bertz CT molecular complexity index is 351. The standard InChI is InChI=1S/C10H13N3O/c11-8-4-2-1-3-7(8)9-5-6-12-10(14)13-9/h1-4,9H,5-6,11H2,(H2,12,13,14). The van der Waals surface area contributed by atoms with E-state index in [2.05, 4.69) is 10.6 Å². The lowest BCUT2D eigenvalue weighted by molar-refractivity contribution is 0.229. The van der Waals surface area contributed by atoms with E-state index in [0.29, 0.717) is 6.54 Å². The molecule has 0 bridgehead atoms. The summed E-state index contributed by atoms with van der Waals surface area (Å²) in [5.74, 6) is 0. The monoisotopic (exact) mass is 191 g/mol. The molecular weight excluding hydrogens is 178 g/mol. The van der Waals surface area contributed by atoms with Crippen LogP contribution >= 0.6 is 0 Å². The number of anilines is 1.